The predicted molar refractivity (Wildman–Crippen MR) is 72.0 cm³/mol. The molecule has 1 aliphatic rings. The van der Waals surface area contributed by atoms with Crippen LogP contribution < -0.4 is 4.74 Å². The molecule has 0 saturated carbocycles. The van der Waals surface area contributed by atoms with Gasteiger partial charge in [0.15, 0.2) is 6.29 Å². The third kappa shape index (κ3) is 3.17. The van der Waals surface area contributed by atoms with Gasteiger partial charge in [-0.1, -0.05) is 19.1 Å². The number of carboxylic acids is 1. The summed E-state index contributed by atoms with van der Waals surface area (Å²) in [4.78, 5) is 22.5. The van der Waals surface area contributed by atoms with Crippen molar-refractivity contribution in [3.05, 3.63) is 29.3 Å². The number of carboxylic acid groups (broad SMARTS) is 1. The van der Waals surface area contributed by atoms with Gasteiger partial charge in [-0.25, -0.2) is 4.79 Å². The van der Waals surface area contributed by atoms with Crippen LogP contribution in [0.25, 0.3) is 0 Å². The fourth-order valence-corrected chi connectivity index (χ4v) is 2.31. The average Bonchev–Trinajstić information content (AvgIpc) is 2.47. The van der Waals surface area contributed by atoms with Crippen LogP contribution in [0, 0.1) is 0 Å². The second-order valence-corrected chi connectivity index (χ2v) is 4.68. The number of rotatable bonds is 5. The molecule has 0 radical (unpaired) electrons. The molecule has 0 aliphatic carbocycles. The van der Waals surface area contributed by atoms with Crippen molar-refractivity contribution >= 4 is 11.8 Å². The largest absolute Gasteiger partial charge is 0.475 e. The molecule has 108 valence electrons. The van der Waals surface area contributed by atoms with Crippen LogP contribution in [0.3, 0.4) is 0 Å². The van der Waals surface area contributed by atoms with E-state index in [9.17, 15) is 9.59 Å². The van der Waals surface area contributed by atoms with Crippen molar-refractivity contribution < 1.29 is 24.2 Å². The number of benzene rings is 1. The highest BCUT2D eigenvalue weighted by Gasteiger charge is 2.22. The third-order valence-corrected chi connectivity index (χ3v) is 3.32. The molecule has 5 heteroatoms. The number of aliphatic carboxylic acids is 1. The smallest absolute Gasteiger partial charge is 0.377 e. The van der Waals surface area contributed by atoms with E-state index in [1.54, 1.807) is 12.1 Å². The van der Waals surface area contributed by atoms with Crippen molar-refractivity contribution in [3.8, 4) is 5.75 Å². The van der Waals surface area contributed by atoms with E-state index in [0.29, 0.717) is 24.3 Å². The summed E-state index contributed by atoms with van der Waals surface area (Å²) in [6.07, 6.45) is 3.08. The number of hydrogen-bond acceptors (Lipinski definition) is 4. The molecule has 1 aliphatic heterocycles. The normalized spacial score (nSPS) is 18.6. The fraction of sp³-hybridized carbons (Fsp3) is 0.467. The molecule has 1 heterocycles. The second-order valence-electron chi connectivity index (χ2n) is 4.68. The number of carbonyl (C=O) groups excluding carboxylic acids is 1. The summed E-state index contributed by atoms with van der Waals surface area (Å²) in [5, 5.41) is 8.85. The van der Waals surface area contributed by atoms with Crippen LogP contribution in [0.4, 0.5) is 0 Å². The van der Waals surface area contributed by atoms with Crippen molar-refractivity contribution in [2.75, 3.05) is 6.61 Å². The molecule has 1 saturated heterocycles. The Bertz CT molecular complexity index is 503. The van der Waals surface area contributed by atoms with E-state index in [2.05, 4.69) is 0 Å². The van der Waals surface area contributed by atoms with E-state index < -0.39 is 11.8 Å². The van der Waals surface area contributed by atoms with Crippen LogP contribution in [0.15, 0.2) is 18.2 Å². The lowest BCUT2D eigenvalue weighted by Gasteiger charge is -2.25. The molecule has 0 unspecified atom stereocenters. The van der Waals surface area contributed by atoms with Gasteiger partial charge in [-0.15, -0.1) is 0 Å². The Morgan fingerprint density at radius 3 is 2.80 bits per heavy atom. The summed E-state index contributed by atoms with van der Waals surface area (Å²) < 4.78 is 11.3. The van der Waals surface area contributed by atoms with Gasteiger partial charge < -0.3 is 14.6 Å². The van der Waals surface area contributed by atoms with Crippen LogP contribution in [0.1, 0.15) is 42.1 Å². The molecule has 5 nitrogen and oxygen atoms in total. The van der Waals surface area contributed by atoms with Gasteiger partial charge in [0.25, 0.3) is 5.78 Å². The van der Waals surface area contributed by atoms with Crippen LogP contribution in [-0.4, -0.2) is 29.8 Å². The zero-order valence-corrected chi connectivity index (χ0v) is 11.4. The second kappa shape index (κ2) is 6.52. The number of carbonyl (C=O) groups is 2. The zero-order chi connectivity index (χ0) is 14.5. The predicted octanol–water partition coefficient (Wildman–Crippen LogP) is 2.42. The Balaban J connectivity index is 2.26. The number of ether oxygens (including phenoxy) is 2. The number of ketones is 1. The molecule has 2 rings (SSSR count). The van der Waals surface area contributed by atoms with Crippen LogP contribution >= 0.6 is 0 Å². The number of hydrogen-bond donors (Lipinski definition) is 1. The monoisotopic (exact) mass is 278 g/mol. The Kier molecular flexibility index (Phi) is 4.74. The highest BCUT2D eigenvalue weighted by molar-refractivity contribution is 6.40. The lowest BCUT2D eigenvalue weighted by Crippen LogP contribution is -2.26. The van der Waals surface area contributed by atoms with Crippen LogP contribution in [-0.2, 0) is 16.0 Å². The zero-order valence-electron chi connectivity index (χ0n) is 11.4. The summed E-state index contributed by atoms with van der Waals surface area (Å²) in [5.41, 5.74) is 0.808. The molecule has 0 bridgehead atoms. The molecule has 0 amide bonds. The first-order valence-corrected chi connectivity index (χ1v) is 6.81. The van der Waals surface area contributed by atoms with Crippen molar-refractivity contribution in [2.24, 2.45) is 0 Å². The van der Waals surface area contributed by atoms with Crippen LogP contribution in [0.2, 0.25) is 0 Å². The summed E-state index contributed by atoms with van der Waals surface area (Å²) in [7, 11) is 0. The van der Waals surface area contributed by atoms with Crippen molar-refractivity contribution in [1.29, 1.82) is 0 Å². The van der Waals surface area contributed by atoms with E-state index in [0.717, 1.165) is 19.3 Å². The molecular formula is C15H18O5. The van der Waals surface area contributed by atoms with Crippen molar-refractivity contribution in [2.45, 2.75) is 38.9 Å². The summed E-state index contributed by atoms with van der Waals surface area (Å²) in [6.45, 7) is 2.53. The maximum absolute atomic E-state index is 11.7. The topological polar surface area (TPSA) is 72.8 Å². The van der Waals surface area contributed by atoms with Gasteiger partial charge >= 0.3 is 5.97 Å². The van der Waals surface area contributed by atoms with Gasteiger partial charge in [-0.2, -0.15) is 0 Å². The maximum atomic E-state index is 11.7. The molecule has 1 N–H and O–H groups in total. The fourth-order valence-electron chi connectivity index (χ4n) is 2.31. The van der Waals surface area contributed by atoms with Gasteiger partial charge in [0.2, 0.25) is 0 Å². The SMILES string of the molecule is CCc1c(O[C@H]2CCCCO2)cccc1C(=O)C(=O)O. The Morgan fingerprint density at radius 1 is 1.40 bits per heavy atom. The van der Waals surface area contributed by atoms with Crippen molar-refractivity contribution in [3.63, 3.8) is 0 Å². The molecule has 1 aromatic carbocycles. The highest BCUT2D eigenvalue weighted by Crippen LogP contribution is 2.27. The quantitative estimate of drug-likeness (QED) is 0.661. The van der Waals surface area contributed by atoms with E-state index in [-0.39, 0.29) is 11.9 Å². The van der Waals surface area contributed by atoms with Gasteiger partial charge in [0.1, 0.15) is 5.75 Å². The first-order chi connectivity index (χ1) is 9.63. The Labute approximate surface area is 117 Å². The molecule has 1 atom stereocenters. The Hall–Kier alpha value is -1.88. The Morgan fingerprint density at radius 2 is 2.20 bits per heavy atom. The first-order valence-electron chi connectivity index (χ1n) is 6.81. The van der Waals surface area contributed by atoms with Gasteiger partial charge in [0, 0.05) is 17.5 Å². The van der Waals surface area contributed by atoms with E-state index >= 15 is 0 Å². The van der Waals surface area contributed by atoms with E-state index in [1.165, 1.54) is 6.07 Å². The maximum Gasteiger partial charge on any atom is 0.377 e. The lowest BCUT2D eigenvalue weighted by atomic mass is 10.0. The molecular weight excluding hydrogens is 260 g/mol. The summed E-state index contributed by atoms with van der Waals surface area (Å²) in [6, 6.07) is 4.90. The van der Waals surface area contributed by atoms with Crippen LogP contribution in [0.5, 0.6) is 5.75 Å². The minimum Gasteiger partial charge on any atom is -0.475 e. The summed E-state index contributed by atoms with van der Waals surface area (Å²) >= 11 is 0. The van der Waals surface area contributed by atoms with Gasteiger partial charge in [-0.3, -0.25) is 4.79 Å². The van der Waals surface area contributed by atoms with Gasteiger partial charge in [0.05, 0.1) is 6.61 Å². The van der Waals surface area contributed by atoms with Crippen molar-refractivity contribution in [1.82, 2.24) is 0 Å². The molecule has 0 spiro atoms. The van der Waals surface area contributed by atoms with E-state index in [4.69, 9.17) is 14.6 Å². The highest BCUT2D eigenvalue weighted by atomic mass is 16.7. The molecule has 1 aromatic rings. The number of Topliss-reactive ketones (excluding diaryl/α,β-unsaturated/α-hetero) is 1. The van der Waals surface area contributed by atoms with Gasteiger partial charge in [-0.05, 0) is 25.3 Å². The average molecular weight is 278 g/mol. The standard InChI is InChI=1S/C15H18O5/c1-2-10-11(14(16)15(17)18)6-5-7-12(10)20-13-8-3-4-9-19-13/h5-7,13H,2-4,8-9H2,1H3,(H,17,18)/t13-/m0/s1. The molecule has 1 fully saturated rings. The first kappa shape index (κ1) is 14.5. The third-order valence-electron chi connectivity index (χ3n) is 3.32. The lowest BCUT2D eigenvalue weighted by molar-refractivity contribution is -0.131. The molecule has 20 heavy (non-hydrogen) atoms. The minimum absolute atomic E-state index is 0.188. The van der Waals surface area contributed by atoms with E-state index in [1.807, 2.05) is 6.92 Å². The minimum atomic E-state index is -1.45. The molecule has 0 aromatic heterocycles. The summed E-state index contributed by atoms with van der Waals surface area (Å²) in [5.74, 6) is -1.82.